The van der Waals surface area contributed by atoms with Crippen LogP contribution in [0.15, 0.2) is 85.6 Å². The van der Waals surface area contributed by atoms with Gasteiger partial charge in [0.05, 0.1) is 24.1 Å². The van der Waals surface area contributed by atoms with Crippen molar-refractivity contribution in [2.24, 2.45) is 0 Å². The minimum Gasteiger partial charge on any atom is -0.491 e. The fourth-order valence-corrected chi connectivity index (χ4v) is 3.47. The van der Waals surface area contributed by atoms with Gasteiger partial charge in [-0.05, 0) is 42.3 Å². The lowest BCUT2D eigenvalue weighted by molar-refractivity contribution is 0.0944. The molecule has 4 rings (SSSR count). The Balaban J connectivity index is 1.49. The number of amides is 1. The summed E-state index contributed by atoms with van der Waals surface area (Å²) in [5.74, 6) is 1.40. The molecule has 1 amide bonds. The Labute approximate surface area is 181 Å². The largest absolute Gasteiger partial charge is 0.491 e. The summed E-state index contributed by atoms with van der Waals surface area (Å²) >= 11 is 0. The first-order chi connectivity index (χ1) is 15.3. The molecule has 6 nitrogen and oxygen atoms in total. The second kappa shape index (κ2) is 9.71. The fourth-order valence-electron chi connectivity index (χ4n) is 3.47. The minimum absolute atomic E-state index is 0.228. The Bertz CT molecular complexity index is 1180. The quantitative estimate of drug-likeness (QED) is 0.419. The number of imidazole rings is 1. The average Bonchev–Trinajstić information content (AvgIpc) is 3.17. The summed E-state index contributed by atoms with van der Waals surface area (Å²) in [6.45, 7) is 5.21. The van der Waals surface area contributed by atoms with Gasteiger partial charge in [-0.1, -0.05) is 42.5 Å². The Hall–Kier alpha value is -3.93. The van der Waals surface area contributed by atoms with Crippen molar-refractivity contribution in [3.05, 3.63) is 103 Å². The predicted octanol–water partition coefficient (Wildman–Crippen LogP) is 4.17. The number of nitrogens with one attached hydrogen (secondary N) is 1. The highest BCUT2D eigenvalue weighted by atomic mass is 16.5. The molecule has 4 aromatic rings. The number of aromatic nitrogens is 3. The maximum atomic E-state index is 12.4. The van der Waals surface area contributed by atoms with Crippen molar-refractivity contribution in [1.82, 2.24) is 19.9 Å². The number of allylic oxidation sites excluding steroid dienone is 1. The van der Waals surface area contributed by atoms with E-state index in [4.69, 9.17) is 9.72 Å². The van der Waals surface area contributed by atoms with Crippen molar-refractivity contribution in [3.8, 4) is 5.75 Å². The number of pyridine rings is 1. The summed E-state index contributed by atoms with van der Waals surface area (Å²) < 4.78 is 8.16. The second-order valence-electron chi connectivity index (χ2n) is 7.02. The van der Waals surface area contributed by atoms with E-state index in [1.54, 1.807) is 24.4 Å². The van der Waals surface area contributed by atoms with Crippen LogP contribution in [0, 0.1) is 0 Å². The molecule has 0 atom stereocenters. The van der Waals surface area contributed by atoms with E-state index in [1.165, 1.54) is 0 Å². The topological polar surface area (TPSA) is 69.0 Å². The number of fused-ring (bicyclic) bond motifs is 1. The van der Waals surface area contributed by atoms with Gasteiger partial charge in [0, 0.05) is 6.20 Å². The molecule has 0 unspecified atom stereocenters. The van der Waals surface area contributed by atoms with Crippen LogP contribution in [0.1, 0.15) is 21.9 Å². The summed E-state index contributed by atoms with van der Waals surface area (Å²) in [5.41, 5.74) is 3.38. The molecule has 0 aliphatic carbocycles. The van der Waals surface area contributed by atoms with Gasteiger partial charge in [-0.15, -0.1) is 6.58 Å². The summed E-state index contributed by atoms with van der Waals surface area (Å²) in [4.78, 5) is 21.2. The summed E-state index contributed by atoms with van der Waals surface area (Å²) in [5, 5.41) is 2.91. The number of carbonyl (C=O) groups excluding carboxylic acids is 1. The molecule has 2 heterocycles. The molecular weight excluding hydrogens is 388 g/mol. The Morgan fingerprint density at radius 3 is 2.71 bits per heavy atom. The first-order valence-corrected chi connectivity index (χ1v) is 10.2. The lowest BCUT2D eigenvalue weighted by Crippen LogP contribution is -2.26. The third-order valence-corrected chi connectivity index (χ3v) is 4.95. The van der Waals surface area contributed by atoms with E-state index in [0.717, 1.165) is 34.6 Å². The van der Waals surface area contributed by atoms with Crippen LogP contribution >= 0.6 is 0 Å². The molecule has 6 heteroatoms. The van der Waals surface area contributed by atoms with Gasteiger partial charge in [-0.2, -0.15) is 0 Å². The maximum absolute atomic E-state index is 12.4. The molecule has 31 heavy (non-hydrogen) atoms. The van der Waals surface area contributed by atoms with Gasteiger partial charge in [0.25, 0.3) is 5.91 Å². The number of benzene rings is 2. The standard InChI is InChI=1S/C25H24N4O2/c1-2-9-19-10-3-6-14-23(19)31-17-16-29-22-13-5-4-11-20(22)28-24(29)18-27-25(30)21-12-7-8-15-26-21/h2-8,10-15H,1,9,16-18H2,(H,27,30). The van der Waals surface area contributed by atoms with E-state index in [0.29, 0.717) is 25.4 Å². The van der Waals surface area contributed by atoms with E-state index in [1.807, 2.05) is 54.6 Å². The van der Waals surface area contributed by atoms with Crippen molar-refractivity contribution in [1.29, 1.82) is 0 Å². The van der Waals surface area contributed by atoms with Crippen LogP contribution in [-0.2, 0) is 19.5 Å². The van der Waals surface area contributed by atoms with E-state index in [-0.39, 0.29) is 5.91 Å². The fraction of sp³-hybridized carbons (Fsp3) is 0.160. The van der Waals surface area contributed by atoms with Gasteiger partial charge in [0.15, 0.2) is 0 Å². The zero-order valence-corrected chi connectivity index (χ0v) is 17.2. The van der Waals surface area contributed by atoms with Crippen LogP contribution in [0.4, 0.5) is 0 Å². The molecule has 156 valence electrons. The first-order valence-electron chi connectivity index (χ1n) is 10.2. The summed E-state index contributed by atoms with van der Waals surface area (Å²) in [6.07, 6.45) is 4.23. The SMILES string of the molecule is C=CCc1ccccc1OCCn1c(CNC(=O)c2ccccn2)nc2ccccc21. The minimum atomic E-state index is -0.228. The predicted molar refractivity (Wildman–Crippen MR) is 121 cm³/mol. The van der Waals surface area contributed by atoms with Crippen molar-refractivity contribution >= 4 is 16.9 Å². The lowest BCUT2D eigenvalue weighted by Gasteiger charge is -2.13. The number of ether oxygens (including phenoxy) is 1. The second-order valence-corrected chi connectivity index (χ2v) is 7.02. The van der Waals surface area contributed by atoms with Gasteiger partial charge in [0.2, 0.25) is 0 Å². The monoisotopic (exact) mass is 412 g/mol. The van der Waals surface area contributed by atoms with Crippen LogP contribution in [0.5, 0.6) is 5.75 Å². The zero-order valence-electron chi connectivity index (χ0n) is 17.2. The van der Waals surface area contributed by atoms with Crippen LogP contribution < -0.4 is 10.1 Å². The molecular formula is C25H24N4O2. The number of nitrogens with zero attached hydrogens (tertiary/aromatic N) is 3. The van der Waals surface area contributed by atoms with Gasteiger partial charge < -0.3 is 14.6 Å². The highest BCUT2D eigenvalue weighted by Gasteiger charge is 2.13. The third-order valence-electron chi connectivity index (χ3n) is 4.95. The highest BCUT2D eigenvalue weighted by molar-refractivity contribution is 5.92. The van der Waals surface area contributed by atoms with Crippen molar-refractivity contribution < 1.29 is 9.53 Å². The molecule has 0 saturated carbocycles. The molecule has 0 aliphatic rings. The molecule has 2 aromatic carbocycles. The Morgan fingerprint density at radius 2 is 1.87 bits per heavy atom. The molecule has 2 aromatic heterocycles. The van der Waals surface area contributed by atoms with Crippen LogP contribution in [-0.4, -0.2) is 27.0 Å². The van der Waals surface area contributed by atoms with Crippen LogP contribution in [0.25, 0.3) is 11.0 Å². The van der Waals surface area contributed by atoms with Crippen LogP contribution in [0.2, 0.25) is 0 Å². The van der Waals surface area contributed by atoms with E-state index < -0.39 is 0 Å². The highest BCUT2D eigenvalue weighted by Crippen LogP contribution is 2.20. The van der Waals surface area contributed by atoms with Crippen LogP contribution in [0.3, 0.4) is 0 Å². The van der Waals surface area contributed by atoms with Gasteiger partial charge in [-0.25, -0.2) is 4.98 Å². The molecule has 0 aliphatic heterocycles. The first kappa shape index (κ1) is 20.3. The smallest absolute Gasteiger partial charge is 0.270 e. The zero-order chi connectivity index (χ0) is 21.5. The van der Waals surface area contributed by atoms with Gasteiger partial charge in [0.1, 0.15) is 23.9 Å². The summed E-state index contributed by atoms with van der Waals surface area (Å²) in [7, 11) is 0. The number of para-hydroxylation sites is 3. The molecule has 0 bridgehead atoms. The lowest BCUT2D eigenvalue weighted by atomic mass is 10.1. The number of hydrogen-bond acceptors (Lipinski definition) is 4. The molecule has 0 radical (unpaired) electrons. The molecule has 0 saturated heterocycles. The third kappa shape index (κ3) is 4.80. The van der Waals surface area contributed by atoms with Crippen molar-refractivity contribution in [2.45, 2.75) is 19.5 Å². The molecule has 1 N–H and O–H groups in total. The van der Waals surface area contributed by atoms with Crippen molar-refractivity contribution in [3.63, 3.8) is 0 Å². The Kier molecular flexibility index (Phi) is 6.38. The maximum Gasteiger partial charge on any atom is 0.270 e. The van der Waals surface area contributed by atoms with Gasteiger partial charge in [-0.3, -0.25) is 9.78 Å². The number of hydrogen-bond donors (Lipinski definition) is 1. The average molecular weight is 412 g/mol. The molecule has 0 fully saturated rings. The summed E-state index contributed by atoms with van der Waals surface area (Å²) in [6, 6.07) is 21.2. The van der Waals surface area contributed by atoms with E-state index in [2.05, 4.69) is 21.4 Å². The normalized spacial score (nSPS) is 10.7. The van der Waals surface area contributed by atoms with Gasteiger partial charge >= 0.3 is 0 Å². The Morgan fingerprint density at radius 1 is 1.06 bits per heavy atom. The van der Waals surface area contributed by atoms with E-state index >= 15 is 0 Å². The van der Waals surface area contributed by atoms with Crippen molar-refractivity contribution in [2.75, 3.05) is 6.61 Å². The number of carbonyl (C=O) groups is 1. The number of rotatable bonds is 9. The van der Waals surface area contributed by atoms with E-state index in [9.17, 15) is 4.79 Å². The molecule has 0 spiro atoms.